The second kappa shape index (κ2) is 19.1. The number of carbonyl (C=O) groups is 3. The van der Waals surface area contributed by atoms with E-state index in [2.05, 4.69) is 81.0 Å². The number of hydrogen-bond donors (Lipinski definition) is 3. The standard InChI is InChI=1S/C40H51N5O6S2/c1-40-26-36(47)43-39(40)34(52-28-40)13-7-8-14-35(46)41-16-19-49-21-23-51-24-22-50-20-17-42-37(48)27-45-32-11-5-6-12-33(32)53-38(45)25-29-15-18-44(2)31-10-4-3-9-30(29)31/h3-6,9-12,15,18,25,34,39H,7-8,13-14,16-17,19-24,26-28H2,1-2H3,(H2-,41,42,43,46,47,48)/p+1/t34-,39+,40-/m1/s1. The molecular formula is C40H52N5O6S2+. The predicted molar refractivity (Wildman–Crippen MR) is 211 cm³/mol. The van der Waals surface area contributed by atoms with Crippen LogP contribution in [-0.2, 0) is 35.6 Å². The highest BCUT2D eigenvalue weighted by Crippen LogP contribution is 2.48. The van der Waals surface area contributed by atoms with E-state index in [-0.39, 0.29) is 35.7 Å². The third-order valence-electron chi connectivity index (χ3n) is 9.94. The number of nitrogens with one attached hydrogen (secondary N) is 3. The Balaban J connectivity index is 0.780. The number of pyridine rings is 1. The summed E-state index contributed by atoms with van der Waals surface area (Å²) in [5, 5.41) is 11.7. The molecule has 13 heteroatoms. The van der Waals surface area contributed by atoms with Crippen molar-refractivity contribution in [2.24, 2.45) is 12.5 Å². The van der Waals surface area contributed by atoms with Gasteiger partial charge in [-0.25, -0.2) is 4.57 Å². The molecule has 0 spiro atoms. The molecule has 3 N–H and O–H groups in total. The number of hydrogen-bond acceptors (Lipinski definition) is 9. The molecule has 3 aliphatic heterocycles. The first-order valence-electron chi connectivity index (χ1n) is 18.6. The first-order valence-corrected chi connectivity index (χ1v) is 20.5. The van der Waals surface area contributed by atoms with Gasteiger partial charge in [-0.05, 0) is 42.7 Å². The quantitative estimate of drug-likeness (QED) is 0.114. The van der Waals surface area contributed by atoms with Crippen molar-refractivity contribution in [3.8, 4) is 0 Å². The fraction of sp³-hybridized carbons (Fsp3) is 0.500. The Morgan fingerprint density at radius 1 is 0.943 bits per heavy atom. The van der Waals surface area contributed by atoms with Crippen LogP contribution in [0.3, 0.4) is 0 Å². The highest BCUT2D eigenvalue weighted by molar-refractivity contribution is 8.04. The number of para-hydroxylation sites is 2. The number of benzene rings is 2. The first kappa shape index (κ1) is 39.1. The fourth-order valence-electron chi connectivity index (χ4n) is 7.16. The lowest BCUT2D eigenvalue weighted by Gasteiger charge is -2.24. The van der Waals surface area contributed by atoms with Gasteiger partial charge in [0.05, 0.1) is 55.7 Å². The van der Waals surface area contributed by atoms with Crippen LogP contribution in [0.2, 0.25) is 0 Å². The number of nitrogens with zero attached hydrogens (tertiary/aromatic N) is 2. The average molecular weight is 763 g/mol. The van der Waals surface area contributed by atoms with Crippen LogP contribution in [-0.4, -0.2) is 94.0 Å². The van der Waals surface area contributed by atoms with Crippen LogP contribution in [0.25, 0.3) is 17.0 Å². The van der Waals surface area contributed by atoms with Gasteiger partial charge in [-0.3, -0.25) is 14.4 Å². The molecule has 3 aliphatic rings. The largest absolute Gasteiger partial charge is 0.377 e. The molecule has 11 nitrogen and oxygen atoms in total. The summed E-state index contributed by atoms with van der Waals surface area (Å²) in [5.74, 6) is 1.18. The van der Waals surface area contributed by atoms with Crippen molar-refractivity contribution in [1.82, 2.24) is 16.0 Å². The predicted octanol–water partition coefficient (Wildman–Crippen LogP) is 4.43. The zero-order valence-electron chi connectivity index (χ0n) is 30.8. The number of fused-ring (bicyclic) bond motifs is 3. The van der Waals surface area contributed by atoms with E-state index in [0.29, 0.717) is 70.8 Å². The van der Waals surface area contributed by atoms with Crippen LogP contribution in [0.5, 0.6) is 0 Å². The molecule has 0 radical (unpaired) electrons. The van der Waals surface area contributed by atoms with E-state index in [1.807, 2.05) is 37.0 Å². The van der Waals surface area contributed by atoms with Gasteiger partial charge in [-0.2, -0.15) is 11.8 Å². The summed E-state index contributed by atoms with van der Waals surface area (Å²) in [6.07, 6.45) is 8.24. The first-order chi connectivity index (χ1) is 25.8. The minimum absolute atomic E-state index is 0.0458. The summed E-state index contributed by atoms with van der Waals surface area (Å²) in [4.78, 5) is 40.2. The van der Waals surface area contributed by atoms with E-state index < -0.39 is 0 Å². The molecule has 3 amide bonds. The van der Waals surface area contributed by atoms with Gasteiger partial charge in [0.2, 0.25) is 23.2 Å². The van der Waals surface area contributed by atoms with Crippen LogP contribution in [0.15, 0.2) is 70.7 Å². The SMILES string of the molecule is C[n+]1ccc(C=C2Sc3ccccc3N2CC(=O)NCCOCCOCCOCCNC(=O)CCCC[C@H]2SC[C@@]3(C)CC(=O)N[C@@H]23)c2ccccc21. The summed E-state index contributed by atoms with van der Waals surface area (Å²) in [6.45, 7) is 5.87. The summed E-state index contributed by atoms with van der Waals surface area (Å²) in [6, 6.07) is 18.9. The Bertz CT molecular complexity index is 1770. The molecule has 2 saturated heterocycles. The number of thioether (sulfide) groups is 2. The molecule has 4 heterocycles. The highest BCUT2D eigenvalue weighted by Gasteiger charge is 2.51. The number of rotatable bonds is 20. The molecule has 53 heavy (non-hydrogen) atoms. The number of amides is 3. The van der Waals surface area contributed by atoms with E-state index in [0.717, 1.165) is 57.1 Å². The van der Waals surface area contributed by atoms with Gasteiger partial charge in [0.15, 0.2) is 6.20 Å². The van der Waals surface area contributed by atoms with Gasteiger partial charge in [0.1, 0.15) is 13.6 Å². The summed E-state index contributed by atoms with van der Waals surface area (Å²) in [5.41, 5.74) is 3.38. The third kappa shape index (κ3) is 10.5. The Labute approximate surface area is 320 Å². The molecular weight excluding hydrogens is 711 g/mol. The monoisotopic (exact) mass is 762 g/mol. The third-order valence-corrected chi connectivity index (χ3v) is 12.8. The van der Waals surface area contributed by atoms with Crippen molar-refractivity contribution >= 4 is 63.9 Å². The lowest BCUT2D eigenvalue weighted by Crippen LogP contribution is -2.39. The van der Waals surface area contributed by atoms with E-state index in [1.54, 1.807) is 11.8 Å². The van der Waals surface area contributed by atoms with Crippen molar-refractivity contribution in [1.29, 1.82) is 0 Å². The molecule has 284 valence electrons. The summed E-state index contributed by atoms with van der Waals surface area (Å²) in [7, 11) is 2.05. The molecule has 6 rings (SSSR count). The number of carbonyl (C=O) groups excluding carboxylic acids is 3. The number of unbranched alkanes of at least 4 members (excludes halogenated alkanes) is 1. The zero-order valence-corrected chi connectivity index (χ0v) is 32.4. The Hall–Kier alpha value is -3.62. The van der Waals surface area contributed by atoms with Gasteiger partial charge in [0, 0.05) is 65.4 Å². The minimum Gasteiger partial charge on any atom is -0.377 e. The lowest BCUT2D eigenvalue weighted by molar-refractivity contribution is -0.644. The van der Waals surface area contributed by atoms with Gasteiger partial charge >= 0.3 is 0 Å². The minimum atomic E-state index is -0.0713. The molecule has 2 aromatic carbocycles. The van der Waals surface area contributed by atoms with Gasteiger partial charge in [-0.1, -0.05) is 49.4 Å². The molecule has 3 aromatic rings. The topological polar surface area (TPSA) is 122 Å². The molecule has 0 saturated carbocycles. The molecule has 3 atom stereocenters. The molecule has 0 aliphatic carbocycles. The summed E-state index contributed by atoms with van der Waals surface area (Å²) >= 11 is 3.64. The van der Waals surface area contributed by atoms with Crippen molar-refractivity contribution in [3.63, 3.8) is 0 Å². The fourth-order valence-corrected chi connectivity index (χ4v) is 10.1. The van der Waals surface area contributed by atoms with Crippen LogP contribution >= 0.6 is 23.5 Å². The molecule has 2 fully saturated rings. The number of anilines is 1. The maximum atomic E-state index is 13.0. The average Bonchev–Trinajstić information content (AvgIpc) is 3.76. The lowest BCUT2D eigenvalue weighted by atomic mass is 9.82. The number of ether oxygens (including phenoxy) is 3. The van der Waals surface area contributed by atoms with Crippen LogP contribution in [0.4, 0.5) is 5.69 Å². The second-order valence-electron chi connectivity index (χ2n) is 14.0. The van der Waals surface area contributed by atoms with Crippen molar-refractivity contribution in [3.05, 3.63) is 71.4 Å². The molecule has 0 unspecified atom stereocenters. The van der Waals surface area contributed by atoms with E-state index in [4.69, 9.17) is 14.2 Å². The van der Waals surface area contributed by atoms with Crippen LogP contribution in [0, 0.1) is 5.41 Å². The molecule has 1 aromatic heterocycles. The number of aryl methyl sites for hydroxylation is 1. The van der Waals surface area contributed by atoms with Crippen LogP contribution in [0.1, 0.15) is 44.6 Å². The maximum Gasteiger partial charge on any atom is 0.240 e. The summed E-state index contributed by atoms with van der Waals surface area (Å²) < 4.78 is 18.9. The van der Waals surface area contributed by atoms with Gasteiger partial charge < -0.3 is 35.1 Å². The Morgan fingerprint density at radius 3 is 2.43 bits per heavy atom. The zero-order chi connectivity index (χ0) is 37.0. The van der Waals surface area contributed by atoms with Crippen molar-refractivity contribution < 1.29 is 33.2 Å². The van der Waals surface area contributed by atoms with Crippen molar-refractivity contribution in [2.75, 3.05) is 69.9 Å². The van der Waals surface area contributed by atoms with Gasteiger partial charge in [-0.15, -0.1) is 0 Å². The normalized spacial score (nSPS) is 21.2. The maximum absolute atomic E-state index is 13.0. The Kier molecular flexibility index (Phi) is 14.1. The van der Waals surface area contributed by atoms with Crippen molar-refractivity contribution in [2.45, 2.75) is 55.2 Å². The smallest absolute Gasteiger partial charge is 0.240 e. The van der Waals surface area contributed by atoms with E-state index in [1.165, 1.54) is 0 Å². The van der Waals surface area contributed by atoms with Crippen LogP contribution < -0.4 is 25.4 Å². The van der Waals surface area contributed by atoms with Gasteiger partial charge in [0.25, 0.3) is 0 Å². The second-order valence-corrected chi connectivity index (χ2v) is 16.3. The van der Waals surface area contributed by atoms with E-state index >= 15 is 0 Å². The number of aromatic nitrogens is 1. The van der Waals surface area contributed by atoms with E-state index in [9.17, 15) is 14.4 Å². The highest BCUT2D eigenvalue weighted by atomic mass is 32.2. The molecule has 0 bridgehead atoms. The Morgan fingerprint density at radius 2 is 1.64 bits per heavy atom.